The number of aromatic nitrogens is 5. The molecule has 1 aliphatic carbocycles. The normalized spacial score (nSPS) is 14.7. The van der Waals surface area contributed by atoms with E-state index in [2.05, 4.69) is 164 Å². The van der Waals surface area contributed by atoms with E-state index in [0.29, 0.717) is 17.6 Å². The highest BCUT2D eigenvalue weighted by Crippen LogP contribution is 2.48. The van der Waals surface area contributed by atoms with Crippen LogP contribution in [0.4, 0.5) is 0 Å². The molecule has 0 spiro atoms. The fourth-order valence-electron chi connectivity index (χ4n) is 9.47. The van der Waals surface area contributed by atoms with Crippen LogP contribution < -0.4 is 0 Å². The molecule has 0 saturated heterocycles. The average Bonchev–Trinajstić information content (AvgIpc) is 3.76. The summed E-state index contributed by atoms with van der Waals surface area (Å²) in [6.45, 7) is 9.61. The third-order valence-electron chi connectivity index (χ3n) is 12.7. The molecule has 10 aromatic rings. The van der Waals surface area contributed by atoms with Crippen LogP contribution in [-0.2, 0) is 10.8 Å². The smallest absolute Gasteiger partial charge is 0.238 e. The van der Waals surface area contributed by atoms with Crippen molar-refractivity contribution in [1.82, 2.24) is 24.1 Å². The lowest BCUT2D eigenvalue weighted by Crippen LogP contribution is -2.33. The van der Waals surface area contributed by atoms with Gasteiger partial charge in [0.2, 0.25) is 5.95 Å². The molecule has 0 fully saturated rings. The number of rotatable bonds is 5. The van der Waals surface area contributed by atoms with E-state index in [9.17, 15) is 0 Å². The van der Waals surface area contributed by atoms with Crippen LogP contribution in [-0.4, -0.2) is 24.1 Å². The second-order valence-corrected chi connectivity index (χ2v) is 17.2. The van der Waals surface area contributed by atoms with Gasteiger partial charge in [0.05, 0.1) is 27.8 Å². The lowest BCUT2D eigenvalue weighted by Gasteiger charge is -2.42. The Bertz CT molecular complexity index is 3160. The summed E-state index contributed by atoms with van der Waals surface area (Å²) < 4.78 is 4.69. The maximum absolute atomic E-state index is 5.22. The fourth-order valence-corrected chi connectivity index (χ4v) is 9.47. The summed E-state index contributed by atoms with van der Waals surface area (Å²) in [5, 5.41) is 4.73. The number of hydrogen-bond acceptors (Lipinski definition) is 3. The lowest BCUT2D eigenvalue weighted by molar-refractivity contribution is 0.332. The van der Waals surface area contributed by atoms with E-state index in [1.54, 1.807) is 0 Å². The molecule has 0 saturated carbocycles. The molecule has 5 nitrogen and oxygen atoms in total. The van der Waals surface area contributed by atoms with Crippen molar-refractivity contribution in [2.75, 3.05) is 0 Å². The van der Waals surface area contributed by atoms with Gasteiger partial charge in [-0.3, -0.25) is 4.57 Å². The highest BCUT2D eigenvalue weighted by molar-refractivity contribution is 6.19. The Morgan fingerprint density at radius 3 is 1.55 bits per heavy atom. The molecule has 3 aromatic heterocycles. The summed E-state index contributed by atoms with van der Waals surface area (Å²) in [5.74, 6) is 1.85. The molecule has 0 aliphatic heterocycles. The van der Waals surface area contributed by atoms with Gasteiger partial charge in [-0.2, -0.15) is 9.97 Å². The van der Waals surface area contributed by atoms with Crippen molar-refractivity contribution < 1.29 is 0 Å². The summed E-state index contributed by atoms with van der Waals surface area (Å²) >= 11 is 0. The second kappa shape index (κ2) is 12.8. The Balaban J connectivity index is 1.20. The zero-order chi connectivity index (χ0) is 39.2. The van der Waals surface area contributed by atoms with Crippen LogP contribution >= 0.6 is 0 Å². The van der Waals surface area contributed by atoms with E-state index in [0.717, 1.165) is 44.1 Å². The van der Waals surface area contributed by atoms with Crippen LogP contribution in [0.1, 0.15) is 51.7 Å². The minimum atomic E-state index is 0.109. The predicted octanol–water partition coefficient (Wildman–Crippen LogP) is 13.4. The van der Waals surface area contributed by atoms with Crippen molar-refractivity contribution in [1.29, 1.82) is 0 Å². The van der Waals surface area contributed by atoms with E-state index in [1.165, 1.54) is 51.4 Å². The summed E-state index contributed by atoms with van der Waals surface area (Å²) in [7, 11) is 0. The molecule has 0 bridgehead atoms. The first kappa shape index (κ1) is 34.4. The van der Waals surface area contributed by atoms with Crippen LogP contribution in [0.25, 0.3) is 89.2 Å². The van der Waals surface area contributed by atoms with Crippen molar-refractivity contribution in [2.24, 2.45) is 0 Å². The van der Waals surface area contributed by atoms with E-state index in [1.807, 2.05) is 36.4 Å². The molecule has 3 heterocycles. The van der Waals surface area contributed by atoms with E-state index in [4.69, 9.17) is 15.0 Å². The topological polar surface area (TPSA) is 48.5 Å². The standard InChI is InChI=1S/C53H43N5/c1-52(2)29-30-53(3,4)43-31-36(27-28-42(43)52)37-21-11-14-24-44(37)57-45-25-15-12-22-38(45)40-32-41-39-23-13-16-26-46(39)58(48(41)33-47(40)57)51-55-49(34-17-7-5-8-18-34)54-50(56-51)35-19-9-6-10-20-35/h5-28,31-33H,29-30H2,1-4H3. The van der Waals surface area contributed by atoms with Gasteiger partial charge in [-0.25, -0.2) is 4.98 Å². The molecule has 0 unspecified atom stereocenters. The van der Waals surface area contributed by atoms with Crippen molar-refractivity contribution >= 4 is 43.6 Å². The summed E-state index contributed by atoms with van der Waals surface area (Å²) in [6, 6.07) is 58.7. The summed E-state index contributed by atoms with van der Waals surface area (Å²) in [5.41, 5.74) is 13.1. The molecule has 0 radical (unpaired) electrons. The monoisotopic (exact) mass is 749 g/mol. The largest absolute Gasteiger partial charge is 0.309 e. The molecule has 0 atom stereocenters. The van der Waals surface area contributed by atoms with Gasteiger partial charge >= 0.3 is 0 Å². The average molecular weight is 750 g/mol. The SMILES string of the molecule is CC1(C)CCC(C)(C)c2cc(-c3ccccc3-n3c4ccccc4c4cc5c6ccccc6n(-c6nc(-c7ccccc7)nc(-c7ccccc7)n6)c5cc43)ccc21. The van der Waals surface area contributed by atoms with E-state index in [-0.39, 0.29) is 10.8 Å². The Hall–Kier alpha value is -6.85. The van der Waals surface area contributed by atoms with E-state index < -0.39 is 0 Å². The maximum Gasteiger partial charge on any atom is 0.238 e. The molecule has 58 heavy (non-hydrogen) atoms. The minimum absolute atomic E-state index is 0.109. The Morgan fingerprint density at radius 1 is 0.397 bits per heavy atom. The first-order valence-electron chi connectivity index (χ1n) is 20.3. The highest BCUT2D eigenvalue weighted by Gasteiger charge is 2.37. The zero-order valence-corrected chi connectivity index (χ0v) is 33.2. The van der Waals surface area contributed by atoms with E-state index >= 15 is 0 Å². The van der Waals surface area contributed by atoms with Gasteiger partial charge in [0.1, 0.15) is 0 Å². The fraction of sp³-hybridized carbons (Fsp3) is 0.151. The molecule has 11 rings (SSSR count). The minimum Gasteiger partial charge on any atom is -0.309 e. The predicted molar refractivity (Wildman–Crippen MR) is 240 cm³/mol. The van der Waals surface area contributed by atoms with Crippen LogP contribution in [0.2, 0.25) is 0 Å². The van der Waals surface area contributed by atoms with Crippen molar-refractivity contribution in [3.63, 3.8) is 0 Å². The van der Waals surface area contributed by atoms with Gasteiger partial charge < -0.3 is 4.57 Å². The molecular formula is C53H43N5. The number of benzene rings is 7. The van der Waals surface area contributed by atoms with Crippen LogP contribution in [0, 0.1) is 0 Å². The third-order valence-corrected chi connectivity index (χ3v) is 12.7. The first-order chi connectivity index (χ1) is 28.2. The molecule has 7 aromatic carbocycles. The highest BCUT2D eigenvalue weighted by atomic mass is 15.2. The Labute approximate surface area is 338 Å². The molecule has 280 valence electrons. The van der Waals surface area contributed by atoms with Crippen LogP contribution in [0.3, 0.4) is 0 Å². The van der Waals surface area contributed by atoms with Gasteiger partial charge in [0.25, 0.3) is 0 Å². The maximum atomic E-state index is 5.22. The number of hydrogen-bond donors (Lipinski definition) is 0. The van der Waals surface area contributed by atoms with Gasteiger partial charge in [-0.05, 0) is 70.7 Å². The van der Waals surface area contributed by atoms with Crippen molar-refractivity contribution in [3.05, 3.63) is 175 Å². The van der Waals surface area contributed by atoms with Crippen LogP contribution in [0.15, 0.2) is 164 Å². The molecule has 1 aliphatic rings. The van der Waals surface area contributed by atoms with Gasteiger partial charge in [0.15, 0.2) is 11.6 Å². The Morgan fingerprint density at radius 2 is 0.914 bits per heavy atom. The summed E-state index contributed by atoms with van der Waals surface area (Å²) in [4.78, 5) is 15.5. The number of para-hydroxylation sites is 3. The molecular weight excluding hydrogens is 707 g/mol. The Kier molecular flexibility index (Phi) is 7.61. The molecule has 5 heteroatoms. The van der Waals surface area contributed by atoms with Gasteiger partial charge in [-0.1, -0.05) is 161 Å². The number of fused-ring (bicyclic) bond motifs is 7. The quantitative estimate of drug-likeness (QED) is 0.176. The van der Waals surface area contributed by atoms with Gasteiger partial charge in [0, 0.05) is 38.2 Å². The first-order valence-corrected chi connectivity index (χ1v) is 20.3. The second-order valence-electron chi connectivity index (χ2n) is 17.2. The molecule has 0 amide bonds. The van der Waals surface area contributed by atoms with Crippen LogP contribution in [0.5, 0.6) is 0 Å². The van der Waals surface area contributed by atoms with Crippen molar-refractivity contribution in [3.8, 4) is 45.5 Å². The lowest BCUT2D eigenvalue weighted by atomic mass is 9.63. The zero-order valence-electron chi connectivity index (χ0n) is 33.2. The summed E-state index contributed by atoms with van der Waals surface area (Å²) in [6.07, 6.45) is 2.37. The van der Waals surface area contributed by atoms with Crippen molar-refractivity contribution in [2.45, 2.75) is 51.4 Å². The third kappa shape index (κ3) is 5.33. The van der Waals surface area contributed by atoms with Gasteiger partial charge in [-0.15, -0.1) is 0 Å². The number of nitrogens with zero attached hydrogens (tertiary/aromatic N) is 5. The molecule has 0 N–H and O–H groups in total.